The molecule has 1 saturated heterocycles. The van der Waals surface area contributed by atoms with Crippen LogP contribution < -0.4 is 0 Å². The molecule has 0 saturated carbocycles. The minimum Gasteiger partial charge on any atom is -0.342 e. The van der Waals surface area contributed by atoms with Gasteiger partial charge in [-0.2, -0.15) is 0 Å². The number of sulfonamides is 1. The lowest BCUT2D eigenvalue weighted by Gasteiger charge is -2.19. The van der Waals surface area contributed by atoms with Crippen LogP contribution in [0, 0.1) is 0 Å². The Kier molecular flexibility index (Phi) is 5.46. The molecule has 1 unspecified atom stereocenters. The van der Waals surface area contributed by atoms with Crippen LogP contribution in [0.4, 0.5) is 0 Å². The average Bonchev–Trinajstić information content (AvgIpc) is 3.01. The Morgan fingerprint density at radius 1 is 1.32 bits per heavy atom. The summed E-state index contributed by atoms with van der Waals surface area (Å²) in [5.74, 6) is 0.120. The van der Waals surface area contributed by atoms with Gasteiger partial charge in [0.05, 0.1) is 10.3 Å². The highest BCUT2D eigenvalue weighted by Crippen LogP contribution is 2.25. The van der Waals surface area contributed by atoms with Gasteiger partial charge in [0.15, 0.2) is 0 Å². The van der Waals surface area contributed by atoms with Crippen molar-refractivity contribution >= 4 is 27.7 Å². The van der Waals surface area contributed by atoms with Crippen molar-refractivity contribution in [2.45, 2.75) is 34.9 Å². The van der Waals surface area contributed by atoms with Crippen molar-refractivity contribution in [3.05, 3.63) is 18.3 Å². The second-order valence-electron chi connectivity index (χ2n) is 5.41. The largest absolute Gasteiger partial charge is 0.342 e. The monoisotopic (exact) mass is 343 g/mol. The zero-order valence-corrected chi connectivity index (χ0v) is 14.7. The number of aromatic nitrogens is 1. The summed E-state index contributed by atoms with van der Waals surface area (Å²) in [5.41, 5.74) is 0. The summed E-state index contributed by atoms with van der Waals surface area (Å²) in [6.45, 7) is 3.52. The topological polar surface area (TPSA) is 70.6 Å². The molecule has 0 bridgehead atoms. The van der Waals surface area contributed by atoms with E-state index < -0.39 is 10.0 Å². The van der Waals surface area contributed by atoms with Crippen LogP contribution in [0.2, 0.25) is 0 Å². The molecule has 0 aliphatic carbocycles. The van der Waals surface area contributed by atoms with Gasteiger partial charge in [0.2, 0.25) is 15.9 Å². The number of likely N-dealkylation sites (tertiary alicyclic amines) is 1. The van der Waals surface area contributed by atoms with Crippen molar-refractivity contribution in [3.63, 3.8) is 0 Å². The van der Waals surface area contributed by atoms with Crippen LogP contribution in [0.1, 0.15) is 19.8 Å². The quantitative estimate of drug-likeness (QED) is 0.757. The molecule has 0 spiro atoms. The first kappa shape index (κ1) is 17.2. The van der Waals surface area contributed by atoms with Crippen molar-refractivity contribution in [2.24, 2.45) is 0 Å². The minimum absolute atomic E-state index is 0.120. The van der Waals surface area contributed by atoms with Crippen molar-refractivity contribution in [2.75, 3.05) is 27.2 Å². The van der Waals surface area contributed by atoms with Crippen molar-refractivity contribution in [3.8, 4) is 0 Å². The van der Waals surface area contributed by atoms with E-state index in [2.05, 4.69) is 4.98 Å². The molecule has 8 heteroatoms. The fourth-order valence-electron chi connectivity index (χ4n) is 2.23. The van der Waals surface area contributed by atoms with Crippen LogP contribution in [0.3, 0.4) is 0 Å². The zero-order valence-electron chi connectivity index (χ0n) is 13.0. The third kappa shape index (κ3) is 3.80. The number of thioether (sulfide) groups is 1. The Morgan fingerprint density at radius 2 is 1.95 bits per heavy atom. The molecule has 0 N–H and O–H groups in total. The van der Waals surface area contributed by atoms with Crippen LogP contribution in [0.15, 0.2) is 28.3 Å². The van der Waals surface area contributed by atoms with Gasteiger partial charge >= 0.3 is 0 Å². The number of hydrogen-bond donors (Lipinski definition) is 0. The maximum atomic E-state index is 12.2. The second-order valence-corrected chi connectivity index (χ2v) is 8.92. The number of hydrogen-bond acceptors (Lipinski definition) is 5. The first-order valence-corrected chi connectivity index (χ1v) is 9.48. The SMILES string of the molecule is CC(Sc1ccc(S(=O)(=O)N(C)C)cn1)C(=O)N1CCCC1. The summed E-state index contributed by atoms with van der Waals surface area (Å²) in [6.07, 6.45) is 3.47. The molecule has 2 rings (SSSR count). The van der Waals surface area contributed by atoms with E-state index in [9.17, 15) is 13.2 Å². The highest BCUT2D eigenvalue weighted by atomic mass is 32.2. The molecular weight excluding hydrogens is 322 g/mol. The normalized spacial score (nSPS) is 17.0. The van der Waals surface area contributed by atoms with Crippen LogP contribution >= 0.6 is 11.8 Å². The molecule has 1 aliphatic rings. The summed E-state index contributed by atoms with van der Waals surface area (Å²) >= 11 is 1.36. The third-order valence-corrected chi connectivity index (χ3v) is 6.39. The Balaban J connectivity index is 2.03. The third-order valence-electron chi connectivity index (χ3n) is 3.55. The lowest BCUT2D eigenvalue weighted by molar-refractivity contribution is -0.129. The van der Waals surface area contributed by atoms with Crippen LogP contribution in [0.25, 0.3) is 0 Å². The van der Waals surface area contributed by atoms with E-state index in [1.165, 1.54) is 38.1 Å². The minimum atomic E-state index is -3.47. The molecule has 1 amide bonds. The summed E-state index contributed by atoms with van der Waals surface area (Å²) in [5, 5.41) is 0.430. The van der Waals surface area contributed by atoms with Gasteiger partial charge in [-0.1, -0.05) is 11.8 Å². The predicted octanol–water partition coefficient (Wildman–Crippen LogP) is 1.43. The maximum absolute atomic E-state index is 12.2. The van der Waals surface area contributed by atoms with Gasteiger partial charge < -0.3 is 4.90 Å². The van der Waals surface area contributed by atoms with E-state index in [1.54, 1.807) is 6.07 Å². The molecule has 1 aromatic rings. The Bertz CT molecular complexity index is 623. The molecule has 0 aromatic carbocycles. The highest BCUT2D eigenvalue weighted by Gasteiger charge is 2.24. The van der Waals surface area contributed by atoms with Gasteiger partial charge in [-0.3, -0.25) is 4.79 Å². The lowest BCUT2D eigenvalue weighted by Crippen LogP contribution is -2.34. The van der Waals surface area contributed by atoms with Crippen LogP contribution in [0.5, 0.6) is 0 Å². The summed E-state index contributed by atoms with van der Waals surface area (Å²) in [6, 6.07) is 3.17. The van der Waals surface area contributed by atoms with Crippen molar-refractivity contribution < 1.29 is 13.2 Å². The van der Waals surface area contributed by atoms with Crippen molar-refractivity contribution in [1.82, 2.24) is 14.2 Å². The van der Waals surface area contributed by atoms with E-state index in [1.807, 2.05) is 11.8 Å². The molecule has 6 nitrogen and oxygen atoms in total. The lowest BCUT2D eigenvalue weighted by atomic mass is 10.4. The predicted molar refractivity (Wildman–Crippen MR) is 86.2 cm³/mol. The Morgan fingerprint density at radius 3 is 2.45 bits per heavy atom. The van der Waals surface area contributed by atoms with Gasteiger partial charge in [0.1, 0.15) is 4.90 Å². The molecule has 1 aliphatic heterocycles. The van der Waals surface area contributed by atoms with Gasteiger partial charge in [-0.15, -0.1) is 0 Å². The highest BCUT2D eigenvalue weighted by molar-refractivity contribution is 8.00. The number of carbonyl (C=O) groups excluding carboxylic acids is 1. The Hall–Kier alpha value is -1.12. The molecule has 1 atom stereocenters. The van der Waals surface area contributed by atoms with Crippen molar-refractivity contribution in [1.29, 1.82) is 0 Å². The fraction of sp³-hybridized carbons (Fsp3) is 0.571. The number of nitrogens with zero attached hydrogens (tertiary/aromatic N) is 3. The zero-order chi connectivity index (χ0) is 16.3. The molecule has 0 radical (unpaired) electrons. The maximum Gasteiger partial charge on any atom is 0.244 e. The molecular formula is C14H21N3O3S2. The van der Waals surface area contributed by atoms with E-state index in [4.69, 9.17) is 0 Å². The summed E-state index contributed by atoms with van der Waals surface area (Å²) in [4.78, 5) is 18.4. The molecule has 1 aromatic heterocycles. The van der Waals surface area contributed by atoms with Gasteiger partial charge in [0.25, 0.3) is 0 Å². The van der Waals surface area contributed by atoms with Crippen LogP contribution in [-0.4, -0.2) is 60.9 Å². The summed E-state index contributed by atoms with van der Waals surface area (Å²) in [7, 11) is -0.503. The molecule has 22 heavy (non-hydrogen) atoms. The van der Waals surface area contributed by atoms with E-state index in [0.717, 1.165) is 30.2 Å². The molecule has 2 heterocycles. The number of rotatable bonds is 5. The molecule has 122 valence electrons. The van der Waals surface area contributed by atoms with E-state index in [0.29, 0.717) is 5.03 Å². The standard InChI is InChI=1S/C14H21N3O3S2/c1-11(14(18)17-8-4-5-9-17)21-13-7-6-12(10-15-13)22(19,20)16(2)3/h6-7,10-11H,4-5,8-9H2,1-3H3. The smallest absolute Gasteiger partial charge is 0.244 e. The van der Waals surface area contributed by atoms with E-state index in [-0.39, 0.29) is 16.1 Å². The van der Waals surface area contributed by atoms with Gasteiger partial charge in [-0.25, -0.2) is 17.7 Å². The van der Waals surface area contributed by atoms with Crippen LogP contribution in [-0.2, 0) is 14.8 Å². The Labute approximate surface area is 135 Å². The van der Waals surface area contributed by atoms with Gasteiger partial charge in [-0.05, 0) is 31.9 Å². The first-order chi connectivity index (χ1) is 10.3. The average molecular weight is 343 g/mol. The molecule has 1 fully saturated rings. The first-order valence-electron chi connectivity index (χ1n) is 7.16. The van der Waals surface area contributed by atoms with Gasteiger partial charge in [0, 0.05) is 33.4 Å². The number of carbonyl (C=O) groups is 1. The summed E-state index contributed by atoms with van der Waals surface area (Å²) < 4.78 is 25.1. The fourth-order valence-corrected chi connectivity index (χ4v) is 3.95. The number of amides is 1. The van der Waals surface area contributed by atoms with E-state index >= 15 is 0 Å². The second kappa shape index (κ2) is 6.97. The number of pyridine rings is 1.